The molecule has 38 heavy (non-hydrogen) atoms. The summed E-state index contributed by atoms with van der Waals surface area (Å²) in [5, 5.41) is 2.90. The van der Waals surface area contributed by atoms with E-state index in [0.717, 1.165) is 22.6 Å². The zero-order valence-corrected chi connectivity index (χ0v) is 21.4. The second kappa shape index (κ2) is 10.7. The highest BCUT2D eigenvalue weighted by molar-refractivity contribution is 6.05. The van der Waals surface area contributed by atoms with E-state index in [1.54, 1.807) is 37.4 Å². The first-order chi connectivity index (χ1) is 18.5. The third-order valence-electron chi connectivity index (χ3n) is 6.51. The van der Waals surface area contributed by atoms with Gasteiger partial charge in [0.2, 0.25) is 0 Å². The highest BCUT2D eigenvalue weighted by Crippen LogP contribution is 2.31. The molecule has 0 unspecified atom stereocenters. The fourth-order valence-electron chi connectivity index (χ4n) is 4.45. The lowest BCUT2D eigenvalue weighted by molar-refractivity contribution is 0.0729. The standard InChI is InChI=1S/C30H28N2O6/c1-35-24-6-4-5-20(13-24)30(34)32-12-11-27-22(18-32)16-28(38-27)19-7-9-23(10-8-19)31-29(33)21-14-25(36-2)17-26(15-21)37-3/h4-10,13-17H,11-12,18H2,1-3H3,(H,31,33). The lowest BCUT2D eigenvalue weighted by Gasteiger charge is -2.26. The van der Waals surface area contributed by atoms with Crippen LogP contribution in [0.5, 0.6) is 17.2 Å². The molecule has 8 heteroatoms. The number of hydrogen-bond donors (Lipinski definition) is 1. The monoisotopic (exact) mass is 512 g/mol. The van der Waals surface area contributed by atoms with Crippen LogP contribution in [-0.2, 0) is 13.0 Å². The maximum atomic E-state index is 13.0. The molecule has 1 aliphatic heterocycles. The summed E-state index contributed by atoms with van der Waals surface area (Å²) < 4.78 is 21.9. The van der Waals surface area contributed by atoms with Gasteiger partial charge in [0.1, 0.15) is 28.8 Å². The molecular formula is C30H28N2O6. The summed E-state index contributed by atoms with van der Waals surface area (Å²) in [6, 6.07) is 21.6. The second-order valence-corrected chi connectivity index (χ2v) is 8.90. The Bertz CT molecular complexity index is 1450. The summed E-state index contributed by atoms with van der Waals surface area (Å²) >= 11 is 0. The Morgan fingerprint density at radius 2 is 1.50 bits per heavy atom. The van der Waals surface area contributed by atoms with Crippen molar-refractivity contribution < 1.29 is 28.2 Å². The molecule has 3 aromatic carbocycles. The fourth-order valence-corrected chi connectivity index (χ4v) is 4.45. The number of carbonyl (C=O) groups is 2. The van der Waals surface area contributed by atoms with Gasteiger partial charge in [-0.1, -0.05) is 6.07 Å². The van der Waals surface area contributed by atoms with Gasteiger partial charge in [-0.05, 0) is 60.7 Å². The number of nitrogens with zero attached hydrogens (tertiary/aromatic N) is 1. The first-order valence-electron chi connectivity index (χ1n) is 12.2. The van der Waals surface area contributed by atoms with Crippen LogP contribution < -0.4 is 19.5 Å². The molecule has 194 valence electrons. The van der Waals surface area contributed by atoms with Gasteiger partial charge in [0, 0.05) is 53.5 Å². The van der Waals surface area contributed by atoms with Gasteiger partial charge in [-0.3, -0.25) is 9.59 Å². The van der Waals surface area contributed by atoms with Crippen LogP contribution in [0.3, 0.4) is 0 Å². The number of methoxy groups -OCH3 is 3. The van der Waals surface area contributed by atoms with Crippen LogP contribution >= 0.6 is 0 Å². The molecule has 2 amide bonds. The number of hydrogen-bond acceptors (Lipinski definition) is 6. The van der Waals surface area contributed by atoms with Gasteiger partial charge in [0.15, 0.2) is 0 Å². The van der Waals surface area contributed by atoms with E-state index in [-0.39, 0.29) is 11.8 Å². The molecule has 1 N–H and O–H groups in total. The van der Waals surface area contributed by atoms with Crippen LogP contribution in [0.2, 0.25) is 0 Å². The van der Waals surface area contributed by atoms with E-state index in [1.807, 2.05) is 47.4 Å². The van der Waals surface area contributed by atoms with Crippen molar-refractivity contribution in [2.24, 2.45) is 0 Å². The number of amides is 2. The largest absolute Gasteiger partial charge is 0.497 e. The molecule has 4 aromatic rings. The van der Waals surface area contributed by atoms with Gasteiger partial charge in [0.05, 0.1) is 21.3 Å². The normalized spacial score (nSPS) is 12.4. The molecule has 1 aliphatic rings. The van der Waals surface area contributed by atoms with Crippen LogP contribution in [-0.4, -0.2) is 44.6 Å². The quantitative estimate of drug-likeness (QED) is 0.356. The van der Waals surface area contributed by atoms with Crippen molar-refractivity contribution in [1.29, 1.82) is 0 Å². The summed E-state index contributed by atoms with van der Waals surface area (Å²) in [6.07, 6.45) is 0.642. The van der Waals surface area contributed by atoms with E-state index in [0.29, 0.717) is 53.6 Å². The van der Waals surface area contributed by atoms with E-state index in [1.165, 1.54) is 14.2 Å². The topological polar surface area (TPSA) is 90.2 Å². The van der Waals surface area contributed by atoms with Gasteiger partial charge in [0.25, 0.3) is 11.8 Å². The Morgan fingerprint density at radius 3 is 2.18 bits per heavy atom. The Morgan fingerprint density at radius 1 is 0.816 bits per heavy atom. The van der Waals surface area contributed by atoms with E-state index < -0.39 is 0 Å². The molecular weight excluding hydrogens is 484 g/mol. The second-order valence-electron chi connectivity index (χ2n) is 8.90. The number of nitrogens with one attached hydrogen (secondary N) is 1. The number of ether oxygens (including phenoxy) is 3. The number of rotatable bonds is 7. The highest BCUT2D eigenvalue weighted by Gasteiger charge is 2.25. The van der Waals surface area contributed by atoms with Crippen LogP contribution in [0, 0.1) is 0 Å². The predicted molar refractivity (Wildman–Crippen MR) is 143 cm³/mol. The first-order valence-corrected chi connectivity index (χ1v) is 12.2. The maximum Gasteiger partial charge on any atom is 0.255 e. The van der Waals surface area contributed by atoms with Crippen molar-refractivity contribution in [3.8, 4) is 28.6 Å². The molecule has 0 atom stereocenters. The van der Waals surface area contributed by atoms with Crippen molar-refractivity contribution in [1.82, 2.24) is 4.90 Å². The maximum absolute atomic E-state index is 13.0. The van der Waals surface area contributed by atoms with Gasteiger partial charge in [-0.2, -0.15) is 0 Å². The lowest BCUT2D eigenvalue weighted by Crippen LogP contribution is -2.35. The van der Waals surface area contributed by atoms with Crippen molar-refractivity contribution in [3.05, 3.63) is 95.2 Å². The number of benzene rings is 3. The van der Waals surface area contributed by atoms with Crippen LogP contribution in [0.25, 0.3) is 11.3 Å². The van der Waals surface area contributed by atoms with Crippen LogP contribution in [0.1, 0.15) is 32.0 Å². The van der Waals surface area contributed by atoms with Gasteiger partial charge in [-0.15, -0.1) is 0 Å². The van der Waals surface area contributed by atoms with Crippen molar-refractivity contribution >= 4 is 17.5 Å². The molecule has 0 aliphatic carbocycles. The molecule has 8 nitrogen and oxygen atoms in total. The van der Waals surface area contributed by atoms with Gasteiger partial charge >= 0.3 is 0 Å². The molecule has 0 spiro atoms. The number of fused-ring (bicyclic) bond motifs is 1. The zero-order chi connectivity index (χ0) is 26.6. The Hall–Kier alpha value is -4.72. The minimum Gasteiger partial charge on any atom is -0.497 e. The van der Waals surface area contributed by atoms with Gasteiger partial charge in [-0.25, -0.2) is 0 Å². The summed E-state index contributed by atoms with van der Waals surface area (Å²) in [4.78, 5) is 27.6. The minimum absolute atomic E-state index is 0.0361. The van der Waals surface area contributed by atoms with Crippen LogP contribution in [0.15, 0.2) is 77.2 Å². The fraction of sp³-hybridized carbons (Fsp3) is 0.200. The lowest BCUT2D eigenvalue weighted by atomic mass is 10.1. The summed E-state index contributed by atoms with van der Waals surface area (Å²) in [6.45, 7) is 1.06. The third kappa shape index (κ3) is 5.20. The Labute approximate surface area is 220 Å². The molecule has 0 radical (unpaired) electrons. The van der Waals surface area contributed by atoms with Crippen molar-refractivity contribution in [2.45, 2.75) is 13.0 Å². The zero-order valence-electron chi connectivity index (χ0n) is 21.4. The highest BCUT2D eigenvalue weighted by atomic mass is 16.5. The Kier molecular flexibility index (Phi) is 7.04. The van der Waals surface area contributed by atoms with E-state index in [4.69, 9.17) is 18.6 Å². The van der Waals surface area contributed by atoms with Crippen molar-refractivity contribution in [2.75, 3.05) is 33.2 Å². The first kappa shape index (κ1) is 25.0. The summed E-state index contributed by atoms with van der Waals surface area (Å²) in [5.74, 6) is 3.03. The predicted octanol–water partition coefficient (Wildman–Crippen LogP) is 5.42. The summed E-state index contributed by atoms with van der Waals surface area (Å²) in [5.41, 5.74) is 3.54. The average Bonchev–Trinajstić information content (AvgIpc) is 3.40. The number of carbonyl (C=O) groups excluding carboxylic acids is 2. The Balaban J connectivity index is 1.27. The molecule has 2 heterocycles. The summed E-state index contributed by atoms with van der Waals surface area (Å²) in [7, 11) is 4.66. The molecule has 5 rings (SSSR count). The smallest absolute Gasteiger partial charge is 0.255 e. The molecule has 0 fully saturated rings. The third-order valence-corrected chi connectivity index (χ3v) is 6.51. The van der Waals surface area contributed by atoms with E-state index in [2.05, 4.69) is 5.32 Å². The van der Waals surface area contributed by atoms with Crippen molar-refractivity contribution in [3.63, 3.8) is 0 Å². The minimum atomic E-state index is -0.274. The SMILES string of the molecule is COc1cc(OC)cc(C(=O)Nc2ccc(-c3cc4c(o3)CCN(C(=O)c3cccc(OC)c3)C4)cc2)c1. The van der Waals surface area contributed by atoms with E-state index >= 15 is 0 Å². The molecule has 0 saturated heterocycles. The van der Waals surface area contributed by atoms with Crippen LogP contribution in [0.4, 0.5) is 5.69 Å². The number of furan rings is 1. The molecule has 1 aromatic heterocycles. The van der Waals surface area contributed by atoms with E-state index in [9.17, 15) is 9.59 Å². The molecule has 0 bridgehead atoms. The average molecular weight is 513 g/mol. The number of anilines is 1. The van der Waals surface area contributed by atoms with Gasteiger partial charge < -0.3 is 28.8 Å². The molecule has 0 saturated carbocycles.